The third-order valence-corrected chi connectivity index (χ3v) is 5.77. The van der Waals surface area contributed by atoms with E-state index in [1.165, 1.54) is 13.2 Å². The average molecular weight is 452 g/mol. The zero-order chi connectivity index (χ0) is 23.0. The van der Waals surface area contributed by atoms with Crippen LogP contribution in [0.5, 0.6) is 0 Å². The zero-order valence-electron chi connectivity index (χ0n) is 16.9. The Labute approximate surface area is 177 Å². The number of carbonyl (C=O) groups is 1. The largest absolute Gasteiger partial charge is 0.534 e. The molecule has 2 aromatic rings. The molecule has 0 unspecified atom stereocenters. The van der Waals surface area contributed by atoms with E-state index in [1.807, 2.05) is 0 Å². The molecule has 0 amide bonds. The maximum absolute atomic E-state index is 12.8. The van der Waals surface area contributed by atoms with Gasteiger partial charge in [-0.25, -0.2) is 4.79 Å². The van der Waals surface area contributed by atoms with Gasteiger partial charge in [-0.2, -0.15) is 21.6 Å². The molecule has 0 saturated carbocycles. The highest BCUT2D eigenvalue weighted by molar-refractivity contribution is 7.87. The molecule has 1 aliphatic carbocycles. The summed E-state index contributed by atoms with van der Waals surface area (Å²) in [5.74, 6) is -0.880. The molecule has 0 atom stereocenters. The average Bonchev–Trinajstić information content (AvgIpc) is 2.94. The Morgan fingerprint density at radius 2 is 1.74 bits per heavy atom. The second-order valence-corrected chi connectivity index (χ2v) is 8.97. The molecule has 0 spiro atoms. The van der Waals surface area contributed by atoms with Gasteiger partial charge in [-0.3, -0.25) is 0 Å². The number of hydrogen-bond donors (Lipinski definition) is 0. The number of benzene rings is 2. The Morgan fingerprint density at radius 1 is 1.06 bits per heavy atom. The molecule has 0 heterocycles. The van der Waals surface area contributed by atoms with E-state index in [0.717, 1.165) is 0 Å². The molecule has 5 nitrogen and oxygen atoms in total. The Hall–Kier alpha value is -3.07. The van der Waals surface area contributed by atoms with Crippen LogP contribution in [-0.2, 0) is 24.5 Å². The number of ether oxygens (including phenoxy) is 1. The zero-order valence-corrected chi connectivity index (χ0v) is 17.7. The number of fused-ring (bicyclic) bond motifs is 1. The summed E-state index contributed by atoms with van der Waals surface area (Å²) in [5, 5.41) is 0. The number of hydrogen-bond acceptors (Lipinski definition) is 5. The lowest BCUT2D eigenvalue weighted by molar-refractivity contribution is -0.0509. The summed E-state index contributed by atoms with van der Waals surface area (Å²) in [4.78, 5) is 11.9. The molecule has 1 aliphatic rings. The second kappa shape index (κ2) is 7.88. The monoisotopic (exact) mass is 452 g/mol. The van der Waals surface area contributed by atoms with Crippen molar-refractivity contribution in [3.05, 3.63) is 76.4 Å². The number of rotatable bonds is 5. The fourth-order valence-corrected chi connectivity index (χ4v) is 3.74. The van der Waals surface area contributed by atoms with E-state index in [2.05, 4.69) is 4.18 Å². The van der Waals surface area contributed by atoms with Gasteiger partial charge in [0.25, 0.3) is 0 Å². The standard InChI is InChI=1S/C22H19F3O5S/c1-21(2)13-19(30-31(27,28)22(23,24)25)17-12-14(9-11-18(17)21)8-10-15-6-4-5-7-16(15)20(26)29-3/h4-13H,1-3H3. The SMILES string of the molecule is COC(=O)c1ccccc1C=Cc1ccc2c(c1)C(OS(=O)(=O)C(F)(F)F)=CC2(C)C. The molecule has 0 saturated heterocycles. The lowest BCUT2D eigenvalue weighted by atomic mass is 9.86. The van der Waals surface area contributed by atoms with E-state index in [9.17, 15) is 26.4 Å². The Bertz CT molecular complexity index is 1190. The fraction of sp³-hybridized carbons (Fsp3) is 0.227. The molecule has 164 valence electrons. The summed E-state index contributed by atoms with van der Waals surface area (Å²) in [6.07, 6.45) is 4.66. The van der Waals surface area contributed by atoms with Crippen LogP contribution in [0.1, 0.15) is 46.5 Å². The minimum atomic E-state index is -5.80. The summed E-state index contributed by atoms with van der Waals surface area (Å²) in [5.41, 5.74) is -3.85. The van der Waals surface area contributed by atoms with Crippen LogP contribution in [0.15, 0.2) is 48.5 Å². The van der Waals surface area contributed by atoms with Crippen molar-refractivity contribution < 1.29 is 35.3 Å². The summed E-state index contributed by atoms with van der Waals surface area (Å²) >= 11 is 0. The van der Waals surface area contributed by atoms with Crippen molar-refractivity contribution in [3.63, 3.8) is 0 Å². The van der Waals surface area contributed by atoms with Gasteiger partial charge in [0, 0.05) is 11.0 Å². The summed E-state index contributed by atoms with van der Waals surface area (Å²) in [6, 6.07) is 11.7. The third-order valence-electron chi connectivity index (χ3n) is 4.80. The molecule has 0 fully saturated rings. The first-order valence-electron chi connectivity index (χ1n) is 9.10. The van der Waals surface area contributed by atoms with Crippen LogP contribution < -0.4 is 0 Å². The van der Waals surface area contributed by atoms with Crippen molar-refractivity contribution in [1.82, 2.24) is 0 Å². The van der Waals surface area contributed by atoms with Crippen molar-refractivity contribution in [2.45, 2.75) is 24.8 Å². The van der Waals surface area contributed by atoms with Gasteiger partial charge in [0.2, 0.25) is 0 Å². The van der Waals surface area contributed by atoms with Crippen LogP contribution in [-0.4, -0.2) is 27.0 Å². The van der Waals surface area contributed by atoms with E-state index in [1.54, 1.807) is 68.5 Å². The minimum absolute atomic E-state index is 0.251. The molecular formula is C22H19F3O5S. The van der Waals surface area contributed by atoms with Crippen LogP contribution in [0.25, 0.3) is 17.9 Å². The van der Waals surface area contributed by atoms with Crippen molar-refractivity contribution in [2.75, 3.05) is 7.11 Å². The molecule has 0 radical (unpaired) electrons. The molecule has 31 heavy (non-hydrogen) atoms. The topological polar surface area (TPSA) is 69.7 Å². The van der Waals surface area contributed by atoms with Crippen LogP contribution in [0.3, 0.4) is 0 Å². The number of carbonyl (C=O) groups excluding carboxylic acids is 1. The molecule has 0 aliphatic heterocycles. The van der Waals surface area contributed by atoms with Crippen LogP contribution >= 0.6 is 0 Å². The van der Waals surface area contributed by atoms with Gasteiger partial charge in [0.1, 0.15) is 5.76 Å². The molecular weight excluding hydrogens is 433 g/mol. The molecule has 2 aromatic carbocycles. The Morgan fingerprint density at radius 3 is 2.39 bits per heavy atom. The van der Waals surface area contributed by atoms with Gasteiger partial charge in [0.05, 0.1) is 12.7 Å². The van der Waals surface area contributed by atoms with Gasteiger partial charge < -0.3 is 8.92 Å². The number of halogens is 3. The quantitative estimate of drug-likeness (QED) is 0.272. The maximum Gasteiger partial charge on any atom is 0.534 e. The van der Waals surface area contributed by atoms with Gasteiger partial charge >= 0.3 is 21.6 Å². The van der Waals surface area contributed by atoms with Gasteiger partial charge in [0.15, 0.2) is 0 Å². The van der Waals surface area contributed by atoms with E-state index in [0.29, 0.717) is 22.3 Å². The lowest BCUT2D eigenvalue weighted by Crippen LogP contribution is -2.24. The van der Waals surface area contributed by atoms with Crippen LogP contribution in [0.2, 0.25) is 0 Å². The Kier molecular flexibility index (Phi) is 5.75. The number of alkyl halides is 3. The molecule has 9 heteroatoms. The predicted molar refractivity (Wildman–Crippen MR) is 110 cm³/mol. The van der Waals surface area contributed by atoms with Crippen molar-refractivity contribution >= 4 is 34.0 Å². The molecule has 0 bridgehead atoms. The highest BCUT2D eigenvalue weighted by Crippen LogP contribution is 2.43. The van der Waals surface area contributed by atoms with E-state index in [-0.39, 0.29) is 11.3 Å². The maximum atomic E-state index is 12.8. The Balaban J connectivity index is 1.98. The first kappa shape index (κ1) is 22.6. The van der Waals surface area contributed by atoms with Crippen LogP contribution in [0, 0.1) is 0 Å². The highest BCUT2D eigenvalue weighted by Gasteiger charge is 2.50. The van der Waals surface area contributed by atoms with Gasteiger partial charge in [-0.05, 0) is 34.9 Å². The van der Waals surface area contributed by atoms with Crippen molar-refractivity contribution in [3.8, 4) is 0 Å². The molecule has 3 rings (SSSR count). The van der Waals surface area contributed by atoms with E-state index < -0.39 is 27.0 Å². The van der Waals surface area contributed by atoms with Crippen LogP contribution in [0.4, 0.5) is 13.2 Å². The van der Waals surface area contributed by atoms with Gasteiger partial charge in [-0.15, -0.1) is 0 Å². The molecule has 0 aromatic heterocycles. The van der Waals surface area contributed by atoms with Gasteiger partial charge in [-0.1, -0.05) is 56.3 Å². The third kappa shape index (κ3) is 4.51. The predicted octanol–water partition coefficient (Wildman–Crippen LogP) is 5.14. The fourth-order valence-electron chi connectivity index (χ4n) is 3.27. The lowest BCUT2D eigenvalue weighted by Gasteiger charge is -2.17. The van der Waals surface area contributed by atoms with E-state index in [4.69, 9.17) is 4.74 Å². The summed E-state index contributed by atoms with van der Waals surface area (Å²) in [7, 11) is -4.53. The first-order valence-corrected chi connectivity index (χ1v) is 10.5. The number of allylic oxidation sites excluding steroid dienone is 1. The normalized spacial score (nSPS) is 15.5. The number of esters is 1. The molecule has 0 N–H and O–H groups in total. The highest BCUT2D eigenvalue weighted by atomic mass is 32.2. The number of methoxy groups -OCH3 is 1. The minimum Gasteiger partial charge on any atom is -0.465 e. The van der Waals surface area contributed by atoms with E-state index >= 15 is 0 Å². The van der Waals surface area contributed by atoms with Crippen molar-refractivity contribution in [2.24, 2.45) is 0 Å². The first-order chi connectivity index (χ1) is 14.4. The summed E-state index contributed by atoms with van der Waals surface area (Å²) < 4.78 is 70.6. The summed E-state index contributed by atoms with van der Waals surface area (Å²) in [6.45, 7) is 3.48. The van der Waals surface area contributed by atoms with Crippen molar-refractivity contribution in [1.29, 1.82) is 0 Å². The smallest absolute Gasteiger partial charge is 0.465 e. The second-order valence-electron chi connectivity index (χ2n) is 7.43.